The zero-order valence-corrected chi connectivity index (χ0v) is 15.1. The first-order valence-electron chi connectivity index (χ1n) is 8.49. The maximum absolute atomic E-state index is 12.5. The van der Waals surface area contributed by atoms with Crippen LogP contribution in [0.1, 0.15) is 18.5 Å². The zero-order valence-electron chi connectivity index (χ0n) is 15.1. The molecule has 1 atom stereocenters. The number of carbonyl (C=O) groups is 1. The van der Waals surface area contributed by atoms with Crippen LogP contribution >= 0.6 is 0 Å². The van der Waals surface area contributed by atoms with Gasteiger partial charge in [0.05, 0.1) is 12.8 Å². The van der Waals surface area contributed by atoms with Crippen LogP contribution in [0.4, 0.5) is 0 Å². The molecule has 7 nitrogen and oxygen atoms in total. The van der Waals surface area contributed by atoms with Crippen molar-refractivity contribution in [3.63, 3.8) is 0 Å². The zero-order chi connectivity index (χ0) is 19.2. The Kier molecular flexibility index (Phi) is 5.61. The fourth-order valence-electron chi connectivity index (χ4n) is 2.57. The Bertz CT molecular complexity index is 969. The Morgan fingerprint density at radius 1 is 1.11 bits per heavy atom. The summed E-state index contributed by atoms with van der Waals surface area (Å²) in [5, 5.41) is 7.18. The third kappa shape index (κ3) is 4.38. The van der Waals surface area contributed by atoms with Crippen molar-refractivity contribution in [2.75, 3.05) is 7.11 Å². The molecule has 0 bridgehead atoms. The maximum atomic E-state index is 12.5. The number of ether oxygens (including phenoxy) is 1. The molecule has 1 N–H and O–H groups in total. The fourth-order valence-corrected chi connectivity index (χ4v) is 2.57. The summed E-state index contributed by atoms with van der Waals surface area (Å²) in [5.74, 6) is 0.448. The van der Waals surface area contributed by atoms with E-state index in [1.165, 1.54) is 10.7 Å². The number of hydrogen-bond donors (Lipinski definition) is 1. The van der Waals surface area contributed by atoms with Gasteiger partial charge in [0.2, 0.25) is 5.91 Å². The second-order valence-electron chi connectivity index (χ2n) is 5.98. The van der Waals surface area contributed by atoms with Gasteiger partial charge in [0, 0.05) is 30.6 Å². The number of amides is 1. The molecule has 7 heteroatoms. The van der Waals surface area contributed by atoms with Gasteiger partial charge in [-0.2, -0.15) is 5.10 Å². The number of rotatable bonds is 6. The van der Waals surface area contributed by atoms with E-state index in [0.717, 1.165) is 16.9 Å². The van der Waals surface area contributed by atoms with E-state index in [0.29, 0.717) is 12.2 Å². The largest absolute Gasteiger partial charge is 0.497 e. The van der Waals surface area contributed by atoms with E-state index in [2.05, 4.69) is 15.4 Å². The van der Waals surface area contributed by atoms with Crippen molar-refractivity contribution < 1.29 is 9.53 Å². The van der Waals surface area contributed by atoms with Gasteiger partial charge in [0.25, 0.3) is 5.56 Å². The molecule has 27 heavy (non-hydrogen) atoms. The highest BCUT2D eigenvalue weighted by Gasteiger charge is 2.17. The summed E-state index contributed by atoms with van der Waals surface area (Å²) >= 11 is 0. The molecule has 0 fully saturated rings. The lowest BCUT2D eigenvalue weighted by Crippen LogP contribution is -2.36. The lowest BCUT2D eigenvalue weighted by molar-refractivity contribution is -0.124. The Morgan fingerprint density at radius 2 is 1.81 bits per heavy atom. The van der Waals surface area contributed by atoms with E-state index in [4.69, 9.17) is 4.74 Å². The lowest BCUT2D eigenvalue weighted by Gasteiger charge is -2.15. The minimum Gasteiger partial charge on any atom is -0.497 e. The van der Waals surface area contributed by atoms with Crippen LogP contribution in [0.15, 0.2) is 65.7 Å². The molecule has 0 saturated heterocycles. The second-order valence-corrected chi connectivity index (χ2v) is 5.98. The maximum Gasteiger partial charge on any atom is 0.267 e. The van der Waals surface area contributed by atoms with Crippen molar-refractivity contribution in [1.29, 1.82) is 0 Å². The van der Waals surface area contributed by atoms with Crippen molar-refractivity contribution in [1.82, 2.24) is 20.1 Å². The van der Waals surface area contributed by atoms with Crippen molar-refractivity contribution in [2.24, 2.45) is 0 Å². The number of nitrogens with zero attached hydrogens (tertiary/aromatic N) is 3. The molecular formula is C20H20N4O3. The first kappa shape index (κ1) is 18.3. The SMILES string of the molecule is COc1ccc(-c2ccc(=O)n(C(C)C(=O)NCc3ccncc3)n2)cc1. The van der Waals surface area contributed by atoms with Gasteiger partial charge in [-0.1, -0.05) is 0 Å². The van der Waals surface area contributed by atoms with E-state index < -0.39 is 6.04 Å². The average Bonchev–Trinajstić information content (AvgIpc) is 2.72. The summed E-state index contributed by atoms with van der Waals surface area (Å²) in [6, 6.07) is 13.3. The molecule has 3 rings (SSSR count). The highest BCUT2D eigenvalue weighted by molar-refractivity contribution is 5.79. The van der Waals surface area contributed by atoms with E-state index in [-0.39, 0.29) is 11.5 Å². The number of methoxy groups -OCH3 is 1. The molecule has 1 unspecified atom stereocenters. The van der Waals surface area contributed by atoms with Gasteiger partial charge in [-0.3, -0.25) is 14.6 Å². The molecule has 2 heterocycles. The van der Waals surface area contributed by atoms with Crippen LogP contribution in [0, 0.1) is 0 Å². The van der Waals surface area contributed by atoms with Crippen molar-refractivity contribution in [3.05, 3.63) is 76.8 Å². The number of aromatic nitrogens is 3. The van der Waals surface area contributed by atoms with E-state index in [9.17, 15) is 9.59 Å². The van der Waals surface area contributed by atoms with E-state index >= 15 is 0 Å². The second kappa shape index (κ2) is 8.27. The third-order valence-corrected chi connectivity index (χ3v) is 4.17. The van der Waals surface area contributed by atoms with Gasteiger partial charge < -0.3 is 10.1 Å². The number of benzene rings is 1. The summed E-state index contributed by atoms with van der Waals surface area (Å²) < 4.78 is 6.34. The quantitative estimate of drug-likeness (QED) is 0.725. The van der Waals surface area contributed by atoms with Crippen LogP contribution in [0.2, 0.25) is 0 Å². The highest BCUT2D eigenvalue weighted by Crippen LogP contribution is 2.20. The van der Waals surface area contributed by atoms with Crippen LogP contribution in [-0.4, -0.2) is 27.8 Å². The molecule has 138 valence electrons. The Morgan fingerprint density at radius 3 is 2.48 bits per heavy atom. The number of hydrogen-bond acceptors (Lipinski definition) is 5. The smallest absolute Gasteiger partial charge is 0.267 e. The van der Waals surface area contributed by atoms with Gasteiger partial charge in [0.15, 0.2) is 0 Å². The van der Waals surface area contributed by atoms with Crippen molar-refractivity contribution in [2.45, 2.75) is 19.5 Å². The molecule has 0 radical (unpaired) electrons. The summed E-state index contributed by atoms with van der Waals surface area (Å²) in [6.07, 6.45) is 3.32. The fraction of sp³-hybridized carbons (Fsp3) is 0.200. The topological polar surface area (TPSA) is 86.1 Å². The van der Waals surface area contributed by atoms with Crippen molar-refractivity contribution in [3.8, 4) is 17.0 Å². The molecule has 3 aromatic rings. The Hall–Kier alpha value is -3.48. The molecule has 2 aromatic heterocycles. The van der Waals surface area contributed by atoms with Crippen LogP contribution < -0.4 is 15.6 Å². The van der Waals surface area contributed by atoms with Crippen LogP contribution in [-0.2, 0) is 11.3 Å². The summed E-state index contributed by atoms with van der Waals surface area (Å²) in [7, 11) is 1.60. The van der Waals surface area contributed by atoms with Gasteiger partial charge in [-0.05, 0) is 55.0 Å². The Labute approximate surface area is 156 Å². The minimum absolute atomic E-state index is 0.284. The van der Waals surface area contributed by atoms with E-state index in [1.54, 1.807) is 32.5 Å². The molecule has 0 spiro atoms. The van der Waals surface area contributed by atoms with Crippen LogP contribution in [0.25, 0.3) is 11.3 Å². The number of carbonyl (C=O) groups excluding carboxylic acids is 1. The predicted octanol–water partition coefficient (Wildman–Crippen LogP) is 2.19. The van der Waals surface area contributed by atoms with Gasteiger partial charge in [0.1, 0.15) is 11.8 Å². The average molecular weight is 364 g/mol. The molecule has 0 aliphatic heterocycles. The summed E-state index contributed by atoms with van der Waals surface area (Å²) in [6.45, 7) is 2.01. The Balaban J connectivity index is 1.78. The summed E-state index contributed by atoms with van der Waals surface area (Å²) in [4.78, 5) is 28.6. The first-order valence-corrected chi connectivity index (χ1v) is 8.49. The number of nitrogens with one attached hydrogen (secondary N) is 1. The monoisotopic (exact) mass is 364 g/mol. The normalized spacial score (nSPS) is 11.6. The molecule has 0 aliphatic rings. The number of pyridine rings is 1. The molecule has 0 saturated carbocycles. The van der Waals surface area contributed by atoms with E-state index in [1.807, 2.05) is 36.4 Å². The lowest BCUT2D eigenvalue weighted by atomic mass is 10.1. The minimum atomic E-state index is -0.738. The molecule has 1 amide bonds. The van der Waals surface area contributed by atoms with Gasteiger partial charge in [-0.25, -0.2) is 4.68 Å². The standard InChI is InChI=1S/C20H20N4O3/c1-14(20(26)22-13-15-9-11-21-12-10-15)24-19(25)8-7-18(23-24)16-3-5-17(27-2)6-4-16/h3-12,14H,13H2,1-2H3,(H,22,26). The van der Waals surface area contributed by atoms with Crippen LogP contribution in [0.3, 0.4) is 0 Å². The molecular weight excluding hydrogens is 344 g/mol. The molecule has 1 aromatic carbocycles. The molecule has 0 aliphatic carbocycles. The summed E-state index contributed by atoms with van der Waals surface area (Å²) in [5.41, 5.74) is 2.02. The van der Waals surface area contributed by atoms with Crippen molar-refractivity contribution >= 4 is 5.91 Å². The van der Waals surface area contributed by atoms with Gasteiger partial charge >= 0.3 is 0 Å². The van der Waals surface area contributed by atoms with Crippen LogP contribution in [0.5, 0.6) is 5.75 Å². The van der Waals surface area contributed by atoms with Gasteiger partial charge in [-0.15, -0.1) is 0 Å². The predicted molar refractivity (Wildman–Crippen MR) is 101 cm³/mol. The first-order chi connectivity index (χ1) is 13.1. The highest BCUT2D eigenvalue weighted by atomic mass is 16.5. The third-order valence-electron chi connectivity index (χ3n) is 4.17.